The average molecular weight is 453 g/mol. The van der Waals surface area contributed by atoms with Crippen LogP contribution in [0.15, 0.2) is 89.4 Å². The Morgan fingerprint density at radius 2 is 1.34 bits per heavy atom. The van der Waals surface area contributed by atoms with Crippen molar-refractivity contribution in [2.45, 2.75) is 18.9 Å². The van der Waals surface area contributed by atoms with Crippen LogP contribution < -0.4 is 15.6 Å². The number of carbonyl (C=O) groups excluding carboxylic acids is 2. The molecular formula is C23H21BrN2O3. The number of amides is 2. The maximum atomic E-state index is 12.9. The molecule has 0 aromatic heterocycles. The molecule has 0 saturated heterocycles. The topological polar surface area (TPSA) is 67.4 Å². The lowest BCUT2D eigenvalue weighted by atomic mass is 9.91. The molecule has 0 fully saturated rings. The van der Waals surface area contributed by atoms with Gasteiger partial charge in [-0.15, -0.1) is 0 Å². The van der Waals surface area contributed by atoms with Crippen LogP contribution in [-0.4, -0.2) is 17.9 Å². The first kappa shape index (κ1) is 20.6. The van der Waals surface area contributed by atoms with Gasteiger partial charge in [0.1, 0.15) is 5.75 Å². The van der Waals surface area contributed by atoms with Crippen LogP contribution in [0, 0.1) is 0 Å². The molecule has 2 amide bonds. The molecule has 148 valence electrons. The Labute approximate surface area is 178 Å². The van der Waals surface area contributed by atoms with Crippen LogP contribution in [-0.2, 0) is 9.59 Å². The smallest absolute Gasteiger partial charge is 0.279 e. The van der Waals surface area contributed by atoms with Gasteiger partial charge in [-0.2, -0.15) is 0 Å². The fourth-order valence-electron chi connectivity index (χ4n) is 2.88. The second kappa shape index (κ2) is 9.89. The number of halogens is 1. The average Bonchev–Trinajstić information content (AvgIpc) is 2.74. The number of hydrogen-bond acceptors (Lipinski definition) is 3. The summed E-state index contributed by atoms with van der Waals surface area (Å²) in [5.74, 6) is -0.762. The molecule has 0 unspecified atom stereocenters. The van der Waals surface area contributed by atoms with E-state index in [-0.39, 0.29) is 5.91 Å². The van der Waals surface area contributed by atoms with Crippen LogP contribution in [0.4, 0.5) is 0 Å². The van der Waals surface area contributed by atoms with Crippen molar-refractivity contribution in [1.29, 1.82) is 0 Å². The fraction of sp³-hybridized carbons (Fsp3) is 0.130. The van der Waals surface area contributed by atoms with E-state index in [0.29, 0.717) is 5.75 Å². The zero-order valence-corrected chi connectivity index (χ0v) is 17.4. The van der Waals surface area contributed by atoms with Crippen molar-refractivity contribution in [3.63, 3.8) is 0 Å². The predicted molar refractivity (Wildman–Crippen MR) is 115 cm³/mol. The van der Waals surface area contributed by atoms with Gasteiger partial charge in [-0.25, -0.2) is 0 Å². The third-order valence-electron chi connectivity index (χ3n) is 4.32. The highest BCUT2D eigenvalue weighted by Crippen LogP contribution is 2.24. The lowest BCUT2D eigenvalue weighted by molar-refractivity contribution is -0.133. The molecule has 0 aliphatic heterocycles. The van der Waals surface area contributed by atoms with Crippen LogP contribution in [0.3, 0.4) is 0 Å². The largest absolute Gasteiger partial charge is 0.481 e. The van der Waals surface area contributed by atoms with Crippen molar-refractivity contribution < 1.29 is 14.3 Å². The normalized spacial score (nSPS) is 11.6. The summed E-state index contributed by atoms with van der Waals surface area (Å²) >= 11 is 3.36. The summed E-state index contributed by atoms with van der Waals surface area (Å²) in [5.41, 5.74) is 6.67. The molecule has 6 heteroatoms. The fourth-order valence-corrected chi connectivity index (χ4v) is 3.26. The predicted octanol–water partition coefficient (Wildman–Crippen LogP) is 4.20. The quantitative estimate of drug-likeness (QED) is 0.550. The lowest BCUT2D eigenvalue weighted by Crippen LogP contribution is -2.48. The van der Waals surface area contributed by atoms with E-state index in [9.17, 15) is 9.59 Å². The first-order valence-electron chi connectivity index (χ1n) is 9.16. The minimum Gasteiger partial charge on any atom is -0.481 e. The van der Waals surface area contributed by atoms with Crippen LogP contribution in [0.2, 0.25) is 0 Å². The Hall–Kier alpha value is -3.12. The molecule has 0 radical (unpaired) electrons. The van der Waals surface area contributed by atoms with E-state index >= 15 is 0 Å². The van der Waals surface area contributed by atoms with Gasteiger partial charge in [0.15, 0.2) is 6.10 Å². The van der Waals surface area contributed by atoms with Gasteiger partial charge in [0, 0.05) is 4.47 Å². The maximum Gasteiger partial charge on any atom is 0.279 e. The van der Waals surface area contributed by atoms with Gasteiger partial charge in [0.05, 0.1) is 5.92 Å². The standard InChI is InChI=1S/C23H21BrN2O3/c1-16(29-20-14-8-13-19(24)15-20)22(27)25-26-23(28)21(17-9-4-2-5-10-17)18-11-6-3-7-12-18/h2-16,21H,1H3,(H,25,27)(H,26,28)/t16-/m1/s1. The van der Waals surface area contributed by atoms with Gasteiger partial charge in [0.2, 0.25) is 5.91 Å². The Kier molecular flexibility index (Phi) is 7.03. The van der Waals surface area contributed by atoms with Gasteiger partial charge in [0.25, 0.3) is 5.91 Å². The Bertz CT molecular complexity index is 925. The van der Waals surface area contributed by atoms with Crippen LogP contribution in [0.5, 0.6) is 5.75 Å². The second-order valence-corrected chi connectivity index (χ2v) is 7.37. The number of benzene rings is 3. The van der Waals surface area contributed by atoms with Gasteiger partial charge < -0.3 is 4.74 Å². The van der Waals surface area contributed by atoms with Crippen LogP contribution >= 0.6 is 15.9 Å². The molecule has 1 atom stereocenters. The number of ether oxygens (including phenoxy) is 1. The monoisotopic (exact) mass is 452 g/mol. The molecule has 0 heterocycles. The van der Waals surface area contributed by atoms with Gasteiger partial charge in [-0.3, -0.25) is 20.4 Å². The zero-order chi connectivity index (χ0) is 20.6. The highest BCUT2D eigenvalue weighted by atomic mass is 79.9. The number of nitrogens with one attached hydrogen (secondary N) is 2. The highest BCUT2D eigenvalue weighted by molar-refractivity contribution is 9.10. The first-order valence-corrected chi connectivity index (χ1v) is 9.95. The Balaban J connectivity index is 1.66. The van der Waals surface area contributed by atoms with Crippen molar-refractivity contribution in [2.24, 2.45) is 0 Å². The molecule has 0 bridgehead atoms. The summed E-state index contributed by atoms with van der Waals surface area (Å²) in [4.78, 5) is 25.3. The van der Waals surface area contributed by atoms with E-state index in [0.717, 1.165) is 15.6 Å². The lowest BCUT2D eigenvalue weighted by Gasteiger charge is -2.20. The third-order valence-corrected chi connectivity index (χ3v) is 4.81. The van der Waals surface area contributed by atoms with Gasteiger partial charge in [-0.05, 0) is 36.2 Å². The minimum atomic E-state index is -0.781. The SMILES string of the molecule is C[C@@H](Oc1cccc(Br)c1)C(=O)NNC(=O)C(c1ccccc1)c1ccccc1. The summed E-state index contributed by atoms with van der Waals surface area (Å²) < 4.78 is 6.48. The Morgan fingerprint density at radius 3 is 1.90 bits per heavy atom. The zero-order valence-electron chi connectivity index (χ0n) is 15.8. The summed E-state index contributed by atoms with van der Waals surface area (Å²) in [7, 11) is 0. The van der Waals surface area contributed by atoms with Crippen LogP contribution in [0.1, 0.15) is 24.0 Å². The van der Waals surface area contributed by atoms with Gasteiger partial charge >= 0.3 is 0 Å². The molecule has 2 N–H and O–H groups in total. The molecule has 0 aliphatic carbocycles. The summed E-state index contributed by atoms with van der Waals surface area (Å²) in [6, 6.07) is 26.1. The first-order chi connectivity index (χ1) is 14.0. The molecular weight excluding hydrogens is 432 g/mol. The number of carbonyl (C=O) groups is 2. The van der Waals surface area contributed by atoms with Crippen molar-refractivity contribution in [2.75, 3.05) is 0 Å². The van der Waals surface area contributed by atoms with Crippen molar-refractivity contribution >= 4 is 27.7 Å². The number of rotatable bonds is 6. The number of hydrogen-bond donors (Lipinski definition) is 2. The Morgan fingerprint density at radius 1 is 0.793 bits per heavy atom. The van der Waals surface area contributed by atoms with Gasteiger partial charge in [-0.1, -0.05) is 82.7 Å². The summed E-state index contributed by atoms with van der Waals surface area (Å²) in [6.45, 7) is 1.62. The molecule has 0 aliphatic rings. The summed E-state index contributed by atoms with van der Waals surface area (Å²) in [6.07, 6.45) is -0.781. The minimum absolute atomic E-state index is 0.328. The molecule has 29 heavy (non-hydrogen) atoms. The highest BCUT2D eigenvalue weighted by Gasteiger charge is 2.24. The molecule has 3 rings (SSSR count). The number of hydrazine groups is 1. The molecule has 3 aromatic rings. The van der Waals surface area contributed by atoms with Crippen molar-refractivity contribution in [3.05, 3.63) is 101 Å². The third kappa shape index (κ3) is 5.68. The van der Waals surface area contributed by atoms with Crippen LogP contribution in [0.25, 0.3) is 0 Å². The van der Waals surface area contributed by atoms with E-state index in [1.165, 1.54) is 0 Å². The van der Waals surface area contributed by atoms with E-state index in [1.807, 2.05) is 72.8 Å². The van der Waals surface area contributed by atoms with E-state index in [2.05, 4.69) is 26.8 Å². The van der Waals surface area contributed by atoms with E-state index < -0.39 is 17.9 Å². The molecule has 5 nitrogen and oxygen atoms in total. The van der Waals surface area contributed by atoms with E-state index in [1.54, 1.807) is 19.1 Å². The van der Waals surface area contributed by atoms with E-state index in [4.69, 9.17) is 4.74 Å². The van der Waals surface area contributed by atoms with Crippen molar-refractivity contribution in [1.82, 2.24) is 10.9 Å². The van der Waals surface area contributed by atoms with Crippen molar-refractivity contribution in [3.8, 4) is 5.75 Å². The summed E-state index contributed by atoms with van der Waals surface area (Å²) in [5, 5.41) is 0. The molecule has 3 aromatic carbocycles. The molecule has 0 saturated carbocycles. The second-order valence-electron chi connectivity index (χ2n) is 6.45. The molecule has 0 spiro atoms. The maximum absolute atomic E-state index is 12.9.